The molecule has 0 amide bonds. The highest BCUT2D eigenvalue weighted by atomic mass is 79.9. The maximum Gasteiger partial charge on any atom is 0.206 e. The first-order valence-corrected chi connectivity index (χ1v) is 24.5. The lowest BCUT2D eigenvalue weighted by Crippen LogP contribution is -2.30. The summed E-state index contributed by atoms with van der Waals surface area (Å²) < 4.78 is 38.3. The number of ether oxygens (including phenoxy) is 2. The second-order valence-electron chi connectivity index (χ2n) is 15.2. The van der Waals surface area contributed by atoms with Crippen LogP contribution in [0.5, 0.6) is 11.5 Å². The van der Waals surface area contributed by atoms with E-state index < -0.39 is 0 Å². The number of nitrogens with one attached hydrogen (secondary N) is 2. The number of nitrogens with two attached hydrogens (primary N) is 2. The molecule has 19 heteroatoms. The highest BCUT2D eigenvalue weighted by Gasteiger charge is 2.19. The van der Waals surface area contributed by atoms with Gasteiger partial charge in [-0.1, -0.05) is 67.2 Å². The van der Waals surface area contributed by atoms with E-state index in [1.807, 2.05) is 97.5 Å². The lowest BCUT2D eigenvalue weighted by Gasteiger charge is -2.20. The van der Waals surface area contributed by atoms with Gasteiger partial charge in [0.25, 0.3) is 0 Å². The molecule has 5 aromatic rings. The number of alkyl halides is 1. The number of thiazole rings is 1. The van der Waals surface area contributed by atoms with E-state index in [1.165, 1.54) is 47.4 Å². The molecule has 3 atom stereocenters. The number of carbonyl (C=O) groups excluding carboxylic acids is 2. The number of Topliss-reactive ketones (excluding diaryl/α,β-unsaturated/α-hetero) is 1. The van der Waals surface area contributed by atoms with Gasteiger partial charge in [-0.25, -0.2) is 13.8 Å². The van der Waals surface area contributed by atoms with Crippen molar-refractivity contribution in [1.82, 2.24) is 14.8 Å². The van der Waals surface area contributed by atoms with Crippen LogP contribution < -0.4 is 31.6 Å². The molecule has 1 aromatic heterocycles. The Kier molecular flexibility index (Phi) is 28.5. The molecule has 68 heavy (non-hydrogen) atoms. The molecule has 0 bridgehead atoms. The van der Waals surface area contributed by atoms with E-state index in [-0.39, 0.29) is 51.7 Å². The lowest BCUT2D eigenvalue weighted by molar-refractivity contribution is 0.102. The zero-order valence-corrected chi connectivity index (χ0v) is 45.1. The number of thiocarbonyl (C=S) groups is 1. The van der Waals surface area contributed by atoms with Crippen molar-refractivity contribution in [2.24, 2.45) is 10.7 Å². The number of carbonyl (C=O) groups is 2. The summed E-state index contributed by atoms with van der Waals surface area (Å²) in [5.74, 6) is 1.78. The molecule has 5 rings (SSSR count). The van der Waals surface area contributed by atoms with Crippen LogP contribution in [0.4, 0.5) is 31.1 Å². The largest absolute Gasteiger partial charge is 0.492 e. The summed E-state index contributed by atoms with van der Waals surface area (Å²) in [6, 6.07) is 24.6. The molecule has 0 saturated carbocycles. The number of benzene rings is 4. The molecule has 372 valence electrons. The third kappa shape index (κ3) is 20.6. The minimum absolute atomic E-state index is 0. The molecule has 0 aliphatic heterocycles. The van der Waals surface area contributed by atoms with Crippen molar-refractivity contribution < 1.29 is 27.8 Å². The Bertz CT molecular complexity index is 2380. The van der Waals surface area contributed by atoms with Gasteiger partial charge in [-0.05, 0) is 169 Å². The molecule has 0 aliphatic rings. The van der Waals surface area contributed by atoms with E-state index in [4.69, 9.17) is 33.2 Å². The van der Waals surface area contributed by atoms with Crippen LogP contribution in [0.25, 0.3) is 0 Å². The van der Waals surface area contributed by atoms with Crippen LogP contribution in [0.3, 0.4) is 0 Å². The third-order valence-electron chi connectivity index (χ3n) is 9.88. The zero-order chi connectivity index (χ0) is 48.9. The molecule has 1 heterocycles. The number of aryl methyl sites for hydroxylation is 2. The number of nitrogens with zero attached hydrogens (tertiary/aromatic N) is 4. The fraction of sp³-hybridized carbons (Fsp3) is 0.367. The van der Waals surface area contributed by atoms with Crippen molar-refractivity contribution in [1.29, 1.82) is 0 Å². The summed E-state index contributed by atoms with van der Waals surface area (Å²) in [7, 11) is 8.09. The number of ketones is 2. The van der Waals surface area contributed by atoms with Crippen molar-refractivity contribution in [3.8, 4) is 11.5 Å². The monoisotopic (exact) mass is 1080 g/mol. The highest BCUT2D eigenvalue weighted by Crippen LogP contribution is 2.31. The molecule has 6 N–H and O–H groups in total. The molecule has 12 nitrogen and oxygen atoms in total. The van der Waals surface area contributed by atoms with Gasteiger partial charge in [0.15, 0.2) is 21.2 Å². The average Bonchev–Trinajstić information content (AvgIpc) is 3.67. The topological polar surface area (TPSA) is 160 Å². The fourth-order valence-corrected chi connectivity index (χ4v) is 7.23. The molecule has 1 unspecified atom stereocenters. The van der Waals surface area contributed by atoms with Crippen LogP contribution in [-0.4, -0.2) is 101 Å². The van der Waals surface area contributed by atoms with Gasteiger partial charge in [0.05, 0.1) is 5.33 Å². The van der Waals surface area contributed by atoms with Crippen LogP contribution >= 0.6 is 61.1 Å². The molecule has 0 saturated heterocycles. The van der Waals surface area contributed by atoms with E-state index in [2.05, 4.69) is 60.2 Å². The van der Waals surface area contributed by atoms with E-state index >= 15 is 0 Å². The highest BCUT2D eigenvalue weighted by molar-refractivity contribution is 9.09. The average molecular weight is 1080 g/mol. The summed E-state index contributed by atoms with van der Waals surface area (Å²) >= 11 is 10.8. The van der Waals surface area contributed by atoms with Gasteiger partial charge in [-0.15, -0.1) is 0 Å². The van der Waals surface area contributed by atoms with Gasteiger partial charge >= 0.3 is 0 Å². The first-order valence-electron chi connectivity index (χ1n) is 21.2. The van der Waals surface area contributed by atoms with Crippen LogP contribution in [0, 0.1) is 11.6 Å². The molecule has 0 aliphatic carbocycles. The summed E-state index contributed by atoms with van der Waals surface area (Å²) in [5.41, 5.74) is 15.4. The maximum atomic E-state index is 13.7. The van der Waals surface area contributed by atoms with Gasteiger partial charge in [0.1, 0.15) is 47.0 Å². The number of amidine groups is 1. The number of nitrogen functional groups attached to an aromatic ring is 1. The Morgan fingerprint density at radius 1 is 0.824 bits per heavy atom. The quantitative estimate of drug-likeness (QED) is 0.0164. The van der Waals surface area contributed by atoms with Crippen molar-refractivity contribution in [3.63, 3.8) is 0 Å². The van der Waals surface area contributed by atoms with Crippen LogP contribution in [0.15, 0.2) is 89.9 Å². The summed E-state index contributed by atoms with van der Waals surface area (Å²) in [6.45, 7) is 11.2. The number of halogens is 3. The summed E-state index contributed by atoms with van der Waals surface area (Å²) in [6.07, 6.45) is 1.11. The molecular formula is C49H68BrF2N8O4PS3. The second-order valence-corrected chi connectivity index (χ2v) is 18.4. The number of likely N-dealkylation sites (N-methyl/N-ethyl adjacent to an activating group) is 2. The minimum atomic E-state index is -0.317. The number of aliphatic imine (C=N–C) groups is 1. The maximum absolute atomic E-state index is 13.7. The van der Waals surface area contributed by atoms with Gasteiger partial charge in [0.2, 0.25) is 5.78 Å². The Hall–Kier alpha value is -4.55. The summed E-state index contributed by atoms with van der Waals surface area (Å²) in [5, 5.41) is 7.81. The Labute approximate surface area is 427 Å². The second kappa shape index (κ2) is 31.6. The Morgan fingerprint density at radius 2 is 1.29 bits per heavy atom. The van der Waals surface area contributed by atoms with Crippen LogP contribution in [0.1, 0.15) is 78.8 Å². The van der Waals surface area contributed by atoms with Gasteiger partial charge in [-0.2, -0.15) is 14.9 Å². The Balaban J connectivity index is 0.000000546. The van der Waals surface area contributed by atoms with Crippen molar-refractivity contribution in [2.75, 3.05) is 68.9 Å². The standard InChI is InChI=1S/C23H27FN4O2S.C15H24N4OS2.C10H10BrFO.CH4.H3P/c1-5-15-12-16(6-11-19(15)24)20(29)21-22(25)27-23(31-21)26-17-7-9-18(10-8-17)30-13-14(2)28(3)4;1-5-22-14(16)18-15(21)17-12-6-8-13(9-7-12)20-10-11(2)19(3)4;1-2-7-5-8(10(13)6-11)3-4-9(7)12;;/h6-12,14H,5,13,25H2,1-4H3,(H,26,27);6-9,11H,5,10H2,1-4H3,(H3,16,17,18,21);3-5H,2,6H2,1H3;1H4;1H3/t14-;11-;;;/m11.../s1. The molecule has 0 fully saturated rings. The van der Waals surface area contributed by atoms with Crippen LogP contribution in [-0.2, 0) is 12.8 Å². The van der Waals surface area contributed by atoms with Gasteiger partial charge < -0.3 is 41.4 Å². The van der Waals surface area contributed by atoms with Crippen molar-refractivity contribution in [3.05, 3.63) is 124 Å². The zero-order valence-electron chi connectivity index (χ0n) is 39.6. The van der Waals surface area contributed by atoms with Gasteiger partial charge in [0, 0.05) is 34.6 Å². The summed E-state index contributed by atoms with van der Waals surface area (Å²) in [4.78, 5) is 37.0. The predicted molar refractivity (Wildman–Crippen MR) is 297 cm³/mol. The van der Waals surface area contributed by atoms with E-state index in [1.54, 1.807) is 12.1 Å². The SMILES string of the molecule is C.CCSC(N)=NC(=S)Nc1ccc(OC[C@@H](C)N(C)C)cc1.CCc1cc(C(=O)CBr)ccc1F.CCc1cc(C(=O)c2sc(Nc3ccc(OC[C@@H](C)N(C)C)cc3)nc2N)ccc1F.P. The Morgan fingerprint density at radius 3 is 1.75 bits per heavy atom. The molecule has 0 radical (unpaired) electrons. The third-order valence-corrected chi connectivity index (χ3v) is 12.2. The first kappa shape index (κ1) is 61.5. The number of hydrogen-bond donors (Lipinski definition) is 4. The smallest absolute Gasteiger partial charge is 0.206 e. The lowest BCUT2D eigenvalue weighted by atomic mass is 10.0. The number of anilines is 4. The van der Waals surface area contributed by atoms with E-state index in [0.29, 0.717) is 80.7 Å². The molecule has 0 spiro atoms. The number of rotatable bonds is 18. The van der Waals surface area contributed by atoms with Crippen molar-refractivity contribution >= 4 is 105 Å². The van der Waals surface area contributed by atoms with Crippen LogP contribution in [0.2, 0.25) is 0 Å². The number of aromatic nitrogens is 1. The van der Waals surface area contributed by atoms with E-state index in [9.17, 15) is 18.4 Å². The minimum Gasteiger partial charge on any atom is -0.492 e. The molecular weight excluding hydrogens is 1010 g/mol. The normalized spacial score (nSPS) is 11.6. The first-order chi connectivity index (χ1) is 31.4. The van der Waals surface area contributed by atoms with Crippen molar-refractivity contribution in [2.45, 2.75) is 67.0 Å². The van der Waals surface area contributed by atoms with Gasteiger partial charge in [-0.3, -0.25) is 9.59 Å². The number of hydrogen-bond acceptors (Lipinski definition) is 12. The fourth-order valence-electron chi connectivity index (χ4n) is 5.32. The number of thioether (sulfide) groups is 1. The molecule has 4 aromatic carbocycles. The predicted octanol–water partition coefficient (Wildman–Crippen LogP) is 11.2. The van der Waals surface area contributed by atoms with E-state index in [0.717, 1.165) is 28.6 Å².